The largest absolute Gasteiger partial charge is 0.325 e. The zero-order valence-corrected chi connectivity index (χ0v) is 16.6. The van der Waals surface area contributed by atoms with E-state index in [4.69, 9.17) is 11.6 Å². The smallest absolute Gasteiger partial charge is 0.271 e. The fourth-order valence-corrected chi connectivity index (χ4v) is 3.57. The summed E-state index contributed by atoms with van der Waals surface area (Å²) in [6.07, 6.45) is 0.802. The Labute approximate surface area is 170 Å². The van der Waals surface area contributed by atoms with Crippen molar-refractivity contribution in [2.24, 2.45) is 0 Å². The monoisotopic (exact) mass is 447 g/mol. The molecule has 0 aliphatic rings. The molecule has 0 saturated carbocycles. The van der Waals surface area contributed by atoms with Crippen molar-refractivity contribution in [1.82, 2.24) is 0 Å². The fraction of sp³-hybridized carbons (Fsp3) is 0.235. The van der Waals surface area contributed by atoms with Crippen molar-refractivity contribution in [2.75, 3.05) is 22.4 Å². The molecule has 0 aliphatic heterocycles. The van der Waals surface area contributed by atoms with Gasteiger partial charge in [0.25, 0.3) is 5.69 Å². The first-order chi connectivity index (χ1) is 13.5. The molecule has 0 aliphatic carbocycles. The molecule has 0 heterocycles. The van der Waals surface area contributed by atoms with Crippen LogP contribution in [0, 0.1) is 21.7 Å². The lowest BCUT2D eigenvalue weighted by molar-refractivity contribution is -0.384. The van der Waals surface area contributed by atoms with Crippen LogP contribution in [0.3, 0.4) is 0 Å². The molecule has 2 aromatic rings. The van der Waals surface area contributed by atoms with Crippen molar-refractivity contribution in [2.45, 2.75) is 12.8 Å². The molecule has 0 radical (unpaired) electrons. The van der Waals surface area contributed by atoms with Gasteiger partial charge in [0, 0.05) is 31.2 Å². The maximum atomic E-state index is 13.4. The Kier molecular flexibility index (Phi) is 7.09. The number of nitrogens with zero attached hydrogens (tertiary/aromatic N) is 2. The zero-order chi connectivity index (χ0) is 21.8. The van der Waals surface area contributed by atoms with E-state index >= 15 is 0 Å². The van der Waals surface area contributed by atoms with Gasteiger partial charge in [0.15, 0.2) is 11.6 Å². The van der Waals surface area contributed by atoms with E-state index in [-0.39, 0.29) is 41.5 Å². The molecule has 0 aromatic heterocycles. The number of anilines is 2. The quantitative estimate of drug-likeness (QED) is 0.490. The lowest BCUT2D eigenvalue weighted by atomic mass is 10.2. The second-order valence-electron chi connectivity index (χ2n) is 6.01. The van der Waals surface area contributed by atoms with Crippen LogP contribution < -0.4 is 9.62 Å². The van der Waals surface area contributed by atoms with Crippen molar-refractivity contribution in [3.05, 3.63) is 63.2 Å². The third-order valence-corrected chi connectivity index (χ3v) is 5.32. The molecule has 0 bridgehead atoms. The number of nitro groups is 1. The van der Waals surface area contributed by atoms with Crippen molar-refractivity contribution in [1.29, 1.82) is 0 Å². The Bertz CT molecular complexity index is 1050. The molecule has 8 nitrogen and oxygen atoms in total. The highest BCUT2D eigenvalue weighted by atomic mass is 35.5. The molecule has 2 aromatic carbocycles. The number of non-ortho nitro benzene ring substituents is 1. The molecule has 2 rings (SSSR count). The summed E-state index contributed by atoms with van der Waals surface area (Å²) in [7, 11) is -3.81. The van der Waals surface area contributed by atoms with Crippen molar-refractivity contribution >= 4 is 44.6 Å². The summed E-state index contributed by atoms with van der Waals surface area (Å²) in [4.78, 5) is 22.3. The van der Waals surface area contributed by atoms with E-state index in [0.717, 1.165) is 34.8 Å². The highest BCUT2D eigenvalue weighted by molar-refractivity contribution is 7.92. The van der Waals surface area contributed by atoms with Crippen LogP contribution in [0.2, 0.25) is 5.02 Å². The third-order valence-electron chi connectivity index (χ3n) is 3.79. The van der Waals surface area contributed by atoms with Crippen LogP contribution in [0.4, 0.5) is 25.8 Å². The first kappa shape index (κ1) is 22.5. The second kappa shape index (κ2) is 9.14. The lowest BCUT2D eigenvalue weighted by Crippen LogP contribution is -2.31. The summed E-state index contributed by atoms with van der Waals surface area (Å²) < 4.78 is 51.3. The summed E-state index contributed by atoms with van der Waals surface area (Å²) in [5, 5.41) is 13.3. The first-order valence-electron chi connectivity index (χ1n) is 8.15. The maximum absolute atomic E-state index is 13.4. The average Bonchev–Trinajstić information content (AvgIpc) is 2.62. The summed E-state index contributed by atoms with van der Waals surface area (Å²) in [6.45, 7) is -0.167. The molecule has 0 spiro atoms. The van der Waals surface area contributed by atoms with Crippen molar-refractivity contribution in [3.8, 4) is 0 Å². The van der Waals surface area contributed by atoms with E-state index < -0.39 is 32.5 Å². The Morgan fingerprint density at radius 1 is 1.21 bits per heavy atom. The van der Waals surface area contributed by atoms with E-state index in [1.807, 2.05) is 0 Å². The minimum absolute atomic E-state index is 0.0461. The third kappa shape index (κ3) is 6.09. The highest BCUT2D eigenvalue weighted by Crippen LogP contribution is 2.27. The highest BCUT2D eigenvalue weighted by Gasteiger charge is 2.19. The lowest BCUT2D eigenvalue weighted by Gasteiger charge is -2.22. The summed E-state index contributed by atoms with van der Waals surface area (Å²) >= 11 is 5.91. The van der Waals surface area contributed by atoms with Crippen LogP contribution in [-0.4, -0.2) is 32.0 Å². The van der Waals surface area contributed by atoms with Gasteiger partial charge < -0.3 is 5.32 Å². The van der Waals surface area contributed by atoms with E-state index in [1.165, 1.54) is 12.1 Å². The first-order valence-corrected chi connectivity index (χ1v) is 10.4. The van der Waals surface area contributed by atoms with Crippen molar-refractivity contribution < 1.29 is 26.9 Å². The Balaban J connectivity index is 2.04. The van der Waals surface area contributed by atoms with Crippen LogP contribution in [0.1, 0.15) is 12.8 Å². The number of rotatable bonds is 8. The fourth-order valence-electron chi connectivity index (χ4n) is 2.45. The van der Waals surface area contributed by atoms with E-state index in [9.17, 15) is 32.1 Å². The number of sulfonamides is 1. The van der Waals surface area contributed by atoms with E-state index in [1.54, 1.807) is 0 Å². The van der Waals surface area contributed by atoms with Crippen LogP contribution in [0.25, 0.3) is 0 Å². The van der Waals surface area contributed by atoms with Gasteiger partial charge >= 0.3 is 0 Å². The van der Waals surface area contributed by atoms with Gasteiger partial charge in [0.1, 0.15) is 0 Å². The molecule has 0 saturated heterocycles. The molecule has 12 heteroatoms. The van der Waals surface area contributed by atoms with Gasteiger partial charge in [-0.2, -0.15) is 0 Å². The topological polar surface area (TPSA) is 110 Å². The molecule has 29 heavy (non-hydrogen) atoms. The van der Waals surface area contributed by atoms with Gasteiger partial charge in [-0.1, -0.05) is 11.6 Å². The van der Waals surface area contributed by atoms with Gasteiger partial charge in [-0.3, -0.25) is 19.2 Å². The molecule has 0 fully saturated rings. The Hall–Kier alpha value is -2.79. The Morgan fingerprint density at radius 2 is 1.90 bits per heavy atom. The molecular weight excluding hydrogens is 432 g/mol. The number of carbonyl (C=O) groups excluding carboxylic acids is 1. The number of nitrogens with one attached hydrogen (secondary N) is 1. The number of hydrogen-bond donors (Lipinski definition) is 1. The molecule has 1 N–H and O–H groups in total. The summed E-state index contributed by atoms with van der Waals surface area (Å²) in [5.74, 6) is -2.87. The predicted molar refractivity (Wildman–Crippen MR) is 105 cm³/mol. The van der Waals surface area contributed by atoms with Crippen molar-refractivity contribution in [3.63, 3.8) is 0 Å². The van der Waals surface area contributed by atoms with Crippen LogP contribution in [-0.2, 0) is 14.8 Å². The molecule has 1 amide bonds. The SMILES string of the molecule is CS(=O)(=O)N(CCCC(=O)Nc1cc([N+](=O)[O-])ccc1Cl)c1ccc(F)c(F)c1. The maximum Gasteiger partial charge on any atom is 0.271 e. The Morgan fingerprint density at radius 3 is 2.48 bits per heavy atom. The van der Waals surface area contributed by atoms with E-state index in [2.05, 4.69) is 5.32 Å². The number of benzene rings is 2. The normalized spacial score (nSPS) is 11.2. The molecule has 156 valence electrons. The summed E-state index contributed by atoms with van der Waals surface area (Å²) in [5.41, 5.74) is -0.286. The second-order valence-corrected chi connectivity index (χ2v) is 8.32. The van der Waals surface area contributed by atoms with Gasteiger partial charge in [-0.25, -0.2) is 17.2 Å². The number of nitro benzene ring substituents is 1. The van der Waals surface area contributed by atoms with Gasteiger partial charge in [-0.05, 0) is 24.6 Å². The van der Waals surface area contributed by atoms with Crippen LogP contribution in [0.5, 0.6) is 0 Å². The minimum atomic E-state index is -3.81. The number of hydrogen-bond acceptors (Lipinski definition) is 5. The molecular formula is C17H16ClF2N3O5S. The zero-order valence-electron chi connectivity index (χ0n) is 15.1. The van der Waals surface area contributed by atoms with E-state index in [0.29, 0.717) is 0 Å². The van der Waals surface area contributed by atoms with Gasteiger partial charge in [-0.15, -0.1) is 0 Å². The minimum Gasteiger partial charge on any atom is -0.325 e. The number of carbonyl (C=O) groups is 1. The summed E-state index contributed by atoms with van der Waals surface area (Å²) in [6, 6.07) is 6.22. The van der Waals surface area contributed by atoms with Crippen LogP contribution >= 0.6 is 11.6 Å². The number of halogens is 3. The van der Waals surface area contributed by atoms with Gasteiger partial charge in [0.2, 0.25) is 15.9 Å². The average molecular weight is 448 g/mol. The molecule has 0 unspecified atom stereocenters. The molecule has 0 atom stereocenters. The standard InChI is InChI=1S/C17H16ClF2N3O5S/c1-29(27,28)22(11-5-7-14(19)15(20)9-11)8-2-3-17(24)21-16-10-12(23(25)26)4-6-13(16)18/h4-7,9-10H,2-3,8H2,1H3,(H,21,24). The predicted octanol–water partition coefficient (Wildman–Crippen LogP) is 3.71. The van der Waals surface area contributed by atoms with Gasteiger partial charge in [0.05, 0.1) is 27.6 Å². The number of amides is 1. The van der Waals surface area contributed by atoms with Crippen LogP contribution in [0.15, 0.2) is 36.4 Å².